The molecule has 1 aliphatic carbocycles. The van der Waals surface area contributed by atoms with E-state index in [2.05, 4.69) is 12.0 Å². The summed E-state index contributed by atoms with van der Waals surface area (Å²) in [6, 6.07) is 0. The highest BCUT2D eigenvalue weighted by Crippen LogP contribution is 2.28. The minimum absolute atomic E-state index is 0.139. The van der Waals surface area contributed by atoms with Crippen LogP contribution in [0.15, 0.2) is 11.8 Å². The Balaban J connectivity index is 2.39. The van der Waals surface area contributed by atoms with Crippen LogP contribution in [0.4, 0.5) is 0 Å². The number of ether oxygens (including phenoxy) is 1. The Bertz CT molecular complexity index is 529. The van der Waals surface area contributed by atoms with E-state index in [4.69, 9.17) is 4.74 Å². The number of aryl methyl sites for hydroxylation is 1. The molecule has 0 saturated heterocycles. The zero-order valence-electron chi connectivity index (χ0n) is 12.8. The molecule has 0 aromatic carbocycles. The van der Waals surface area contributed by atoms with E-state index in [9.17, 15) is 4.79 Å². The molecular formula is C15H23N3O2. The molecule has 0 amide bonds. The second-order valence-corrected chi connectivity index (χ2v) is 5.28. The van der Waals surface area contributed by atoms with Gasteiger partial charge < -0.3 is 9.64 Å². The minimum atomic E-state index is 0.139. The van der Waals surface area contributed by atoms with E-state index < -0.39 is 0 Å². The summed E-state index contributed by atoms with van der Waals surface area (Å²) in [5.74, 6) is 0.139. The van der Waals surface area contributed by atoms with Crippen LogP contribution in [0.5, 0.6) is 0 Å². The molecule has 110 valence electrons. The number of carbonyl (C=O) groups is 1. The summed E-state index contributed by atoms with van der Waals surface area (Å²) in [4.78, 5) is 14.6. The topological polar surface area (TPSA) is 47.4 Å². The fraction of sp³-hybridized carbons (Fsp3) is 0.600. The largest absolute Gasteiger partial charge is 0.383 e. The van der Waals surface area contributed by atoms with Gasteiger partial charge in [0, 0.05) is 38.7 Å². The predicted octanol–water partition coefficient (Wildman–Crippen LogP) is 1.67. The smallest absolute Gasteiger partial charge is 0.194 e. The highest BCUT2D eigenvalue weighted by molar-refractivity contribution is 6.11. The number of methoxy groups -OCH3 is 1. The van der Waals surface area contributed by atoms with Crippen molar-refractivity contribution in [1.82, 2.24) is 14.7 Å². The van der Waals surface area contributed by atoms with Gasteiger partial charge in [0.1, 0.15) is 0 Å². The molecule has 0 atom stereocenters. The van der Waals surface area contributed by atoms with Gasteiger partial charge in [0.25, 0.3) is 0 Å². The maximum atomic E-state index is 12.6. The molecule has 0 spiro atoms. The highest BCUT2D eigenvalue weighted by atomic mass is 16.5. The van der Waals surface area contributed by atoms with Crippen LogP contribution in [-0.4, -0.2) is 48.3 Å². The van der Waals surface area contributed by atoms with E-state index in [0.717, 1.165) is 41.8 Å². The maximum Gasteiger partial charge on any atom is 0.194 e. The number of allylic oxidation sites excluding steroid dienone is 1. The van der Waals surface area contributed by atoms with E-state index in [1.807, 2.05) is 29.9 Å². The average Bonchev–Trinajstić information content (AvgIpc) is 2.77. The molecular weight excluding hydrogens is 254 g/mol. The van der Waals surface area contributed by atoms with Gasteiger partial charge in [-0.25, -0.2) is 0 Å². The molecule has 0 saturated carbocycles. The van der Waals surface area contributed by atoms with Crippen LogP contribution in [0.1, 0.15) is 35.1 Å². The quantitative estimate of drug-likeness (QED) is 0.768. The second kappa shape index (κ2) is 6.22. The molecule has 0 N–H and O–H groups in total. The molecule has 1 aromatic rings. The van der Waals surface area contributed by atoms with Crippen molar-refractivity contribution >= 4 is 5.78 Å². The zero-order valence-corrected chi connectivity index (χ0v) is 12.8. The Morgan fingerprint density at radius 1 is 1.40 bits per heavy atom. The Hall–Kier alpha value is -1.62. The number of hydrogen-bond acceptors (Lipinski definition) is 4. The summed E-state index contributed by atoms with van der Waals surface area (Å²) in [5.41, 5.74) is 3.68. The summed E-state index contributed by atoms with van der Waals surface area (Å²) in [5, 5.41) is 4.60. The van der Waals surface area contributed by atoms with Crippen molar-refractivity contribution in [3.63, 3.8) is 0 Å². The number of aromatic nitrogens is 2. The summed E-state index contributed by atoms with van der Waals surface area (Å²) in [6.45, 7) is 3.38. The molecule has 2 rings (SSSR count). The number of rotatable bonds is 5. The molecule has 1 aromatic heterocycles. The van der Waals surface area contributed by atoms with Crippen molar-refractivity contribution in [3.05, 3.63) is 28.7 Å². The van der Waals surface area contributed by atoms with Crippen molar-refractivity contribution < 1.29 is 9.53 Å². The van der Waals surface area contributed by atoms with Gasteiger partial charge >= 0.3 is 0 Å². The van der Waals surface area contributed by atoms with Crippen LogP contribution in [0, 0.1) is 0 Å². The first-order valence-electron chi connectivity index (χ1n) is 7.07. The number of carbonyl (C=O) groups excluding carboxylic acids is 1. The van der Waals surface area contributed by atoms with Crippen molar-refractivity contribution in [2.45, 2.75) is 32.7 Å². The van der Waals surface area contributed by atoms with E-state index >= 15 is 0 Å². The van der Waals surface area contributed by atoms with Crippen molar-refractivity contribution in [3.8, 4) is 0 Å². The average molecular weight is 277 g/mol. The van der Waals surface area contributed by atoms with Gasteiger partial charge in [-0.2, -0.15) is 5.10 Å². The van der Waals surface area contributed by atoms with Gasteiger partial charge in [-0.05, 0) is 19.3 Å². The standard InChI is InChI=1S/C15H23N3O2/c1-5-13-14-12(16-18(13)8-9-20-4)7-6-11(15(14)19)10-17(2)3/h10H,5-9H2,1-4H3. The van der Waals surface area contributed by atoms with Gasteiger partial charge in [-0.15, -0.1) is 0 Å². The third-order valence-electron chi connectivity index (χ3n) is 3.54. The van der Waals surface area contributed by atoms with Crippen LogP contribution in [-0.2, 0) is 24.1 Å². The fourth-order valence-electron chi connectivity index (χ4n) is 2.67. The first-order valence-corrected chi connectivity index (χ1v) is 7.07. The lowest BCUT2D eigenvalue weighted by Crippen LogP contribution is -2.17. The Labute approximate surface area is 120 Å². The zero-order chi connectivity index (χ0) is 14.7. The molecule has 0 fully saturated rings. The predicted molar refractivity (Wildman–Crippen MR) is 77.9 cm³/mol. The molecule has 0 aliphatic heterocycles. The summed E-state index contributed by atoms with van der Waals surface area (Å²) in [7, 11) is 5.56. The summed E-state index contributed by atoms with van der Waals surface area (Å²) < 4.78 is 7.05. The molecule has 1 aliphatic rings. The lowest BCUT2D eigenvalue weighted by molar-refractivity contribution is 0.102. The number of fused-ring (bicyclic) bond motifs is 1. The number of ketones is 1. The Kier molecular flexibility index (Phi) is 4.60. The molecule has 1 heterocycles. The molecule has 20 heavy (non-hydrogen) atoms. The molecule has 0 unspecified atom stereocenters. The van der Waals surface area contributed by atoms with E-state index in [1.54, 1.807) is 7.11 Å². The first kappa shape index (κ1) is 14.8. The summed E-state index contributed by atoms with van der Waals surface area (Å²) in [6.07, 6.45) is 4.35. The number of Topliss-reactive ketones (excluding diaryl/α,β-unsaturated/α-hetero) is 1. The summed E-state index contributed by atoms with van der Waals surface area (Å²) >= 11 is 0. The fourth-order valence-corrected chi connectivity index (χ4v) is 2.67. The third kappa shape index (κ3) is 2.77. The van der Waals surface area contributed by atoms with Crippen LogP contribution in [0.3, 0.4) is 0 Å². The van der Waals surface area contributed by atoms with Crippen molar-refractivity contribution in [2.75, 3.05) is 27.8 Å². The van der Waals surface area contributed by atoms with Gasteiger partial charge in [0.15, 0.2) is 5.78 Å². The van der Waals surface area contributed by atoms with E-state index in [1.165, 1.54) is 0 Å². The number of nitrogens with zero attached hydrogens (tertiary/aromatic N) is 3. The lowest BCUT2D eigenvalue weighted by atomic mass is 9.90. The Morgan fingerprint density at radius 3 is 2.75 bits per heavy atom. The normalized spacial score (nSPS) is 16.6. The Morgan fingerprint density at radius 2 is 2.15 bits per heavy atom. The third-order valence-corrected chi connectivity index (χ3v) is 3.54. The van der Waals surface area contributed by atoms with E-state index in [-0.39, 0.29) is 5.78 Å². The SMILES string of the molecule is CCc1c2c(nn1CCOC)CCC(=CN(C)C)C2=O. The van der Waals surface area contributed by atoms with E-state index in [0.29, 0.717) is 13.2 Å². The molecule has 5 nitrogen and oxygen atoms in total. The van der Waals surface area contributed by atoms with Crippen LogP contribution in [0.2, 0.25) is 0 Å². The second-order valence-electron chi connectivity index (χ2n) is 5.28. The van der Waals surface area contributed by atoms with Crippen molar-refractivity contribution in [2.24, 2.45) is 0 Å². The first-order chi connectivity index (χ1) is 9.58. The van der Waals surface area contributed by atoms with Crippen LogP contribution >= 0.6 is 0 Å². The molecule has 0 radical (unpaired) electrons. The van der Waals surface area contributed by atoms with Gasteiger partial charge in [-0.3, -0.25) is 9.48 Å². The highest BCUT2D eigenvalue weighted by Gasteiger charge is 2.29. The maximum absolute atomic E-state index is 12.6. The van der Waals surface area contributed by atoms with Crippen LogP contribution < -0.4 is 0 Å². The molecule has 5 heteroatoms. The minimum Gasteiger partial charge on any atom is -0.383 e. The van der Waals surface area contributed by atoms with Gasteiger partial charge in [0.2, 0.25) is 0 Å². The lowest BCUT2D eigenvalue weighted by Gasteiger charge is -2.16. The van der Waals surface area contributed by atoms with Crippen molar-refractivity contribution in [1.29, 1.82) is 0 Å². The van der Waals surface area contributed by atoms with Gasteiger partial charge in [-0.1, -0.05) is 6.92 Å². The van der Waals surface area contributed by atoms with Crippen LogP contribution in [0.25, 0.3) is 0 Å². The monoisotopic (exact) mass is 277 g/mol. The van der Waals surface area contributed by atoms with Gasteiger partial charge in [0.05, 0.1) is 24.4 Å². The number of hydrogen-bond donors (Lipinski definition) is 0. The molecule has 0 bridgehead atoms.